The summed E-state index contributed by atoms with van der Waals surface area (Å²) in [5.41, 5.74) is 13.1. The molecule has 0 N–H and O–H groups in total. The predicted molar refractivity (Wildman–Crippen MR) is 146 cm³/mol. The summed E-state index contributed by atoms with van der Waals surface area (Å²) in [6.45, 7) is 4.20. The van der Waals surface area contributed by atoms with Crippen molar-refractivity contribution in [1.29, 1.82) is 0 Å². The van der Waals surface area contributed by atoms with Crippen LogP contribution in [0.25, 0.3) is 55.6 Å². The van der Waals surface area contributed by atoms with Gasteiger partial charge in [-0.15, -0.1) is 5.73 Å². The van der Waals surface area contributed by atoms with Gasteiger partial charge < -0.3 is 9.13 Å². The largest absolute Gasteiger partial charge is 0.343 e. The van der Waals surface area contributed by atoms with Gasteiger partial charge in [-0.05, 0) is 79.1 Å². The molecule has 2 aromatic heterocycles. The second-order valence-electron chi connectivity index (χ2n) is 8.82. The molecule has 6 rings (SSSR count). The summed E-state index contributed by atoms with van der Waals surface area (Å²) < 4.78 is 4.61. The molecule has 0 radical (unpaired) electrons. The smallest absolute Gasteiger partial charge is 0.0541 e. The highest BCUT2D eigenvalue weighted by atomic mass is 15.0. The van der Waals surface area contributed by atoms with Crippen LogP contribution in [0.2, 0.25) is 0 Å². The van der Waals surface area contributed by atoms with E-state index in [1.165, 1.54) is 60.8 Å². The van der Waals surface area contributed by atoms with Gasteiger partial charge in [0, 0.05) is 40.5 Å². The molecule has 2 nitrogen and oxygen atoms in total. The van der Waals surface area contributed by atoms with Gasteiger partial charge >= 0.3 is 0 Å². The fourth-order valence-corrected chi connectivity index (χ4v) is 5.20. The normalized spacial score (nSPS) is 11.3. The highest BCUT2D eigenvalue weighted by Crippen LogP contribution is 2.36. The van der Waals surface area contributed by atoms with Crippen molar-refractivity contribution >= 4 is 38.8 Å². The summed E-state index contributed by atoms with van der Waals surface area (Å²) in [5, 5.41) is 3.84. The second kappa shape index (κ2) is 7.95. The number of para-hydroxylation sites is 2. The molecule has 164 valence electrons. The van der Waals surface area contributed by atoms with E-state index in [0.29, 0.717) is 0 Å². The Morgan fingerprint density at radius 3 is 2.09 bits per heavy atom. The molecule has 0 bridgehead atoms. The minimum atomic E-state index is 1.18. The van der Waals surface area contributed by atoms with E-state index in [-0.39, 0.29) is 0 Å². The molecular weight excluding hydrogens is 412 g/mol. The van der Waals surface area contributed by atoms with Crippen molar-refractivity contribution in [1.82, 2.24) is 9.13 Å². The maximum Gasteiger partial charge on any atom is 0.0541 e. The number of aryl methyl sites for hydroxylation is 2. The number of aromatic nitrogens is 2. The topological polar surface area (TPSA) is 9.86 Å². The molecule has 6 aromatic rings. The fourth-order valence-electron chi connectivity index (χ4n) is 5.20. The lowest BCUT2D eigenvalue weighted by Crippen LogP contribution is -1.92. The maximum absolute atomic E-state index is 3.23. The first kappa shape index (κ1) is 20.4. The molecule has 0 fully saturated rings. The Morgan fingerprint density at radius 1 is 0.676 bits per heavy atom. The minimum absolute atomic E-state index is 1.18. The molecule has 0 spiro atoms. The molecule has 0 atom stereocenters. The van der Waals surface area contributed by atoms with Gasteiger partial charge in [0.2, 0.25) is 0 Å². The van der Waals surface area contributed by atoms with Crippen LogP contribution >= 0.6 is 0 Å². The van der Waals surface area contributed by atoms with Gasteiger partial charge in [-0.1, -0.05) is 48.5 Å². The predicted octanol–water partition coefficient (Wildman–Crippen LogP) is 8.44. The summed E-state index contributed by atoms with van der Waals surface area (Å²) in [7, 11) is 2.13. The number of fused-ring (bicyclic) bond motifs is 4. The van der Waals surface area contributed by atoms with Crippen LogP contribution in [0.4, 0.5) is 0 Å². The molecule has 0 amide bonds. The third-order valence-corrected chi connectivity index (χ3v) is 6.91. The van der Waals surface area contributed by atoms with Crippen LogP contribution in [-0.4, -0.2) is 9.13 Å². The van der Waals surface area contributed by atoms with Gasteiger partial charge in [-0.2, -0.15) is 0 Å². The molecule has 34 heavy (non-hydrogen) atoms. The number of nitrogens with zero attached hydrogens (tertiary/aromatic N) is 2. The average Bonchev–Trinajstić information content (AvgIpc) is 3.34. The van der Waals surface area contributed by atoms with Crippen LogP contribution in [0, 0.1) is 6.92 Å². The first-order valence-electron chi connectivity index (χ1n) is 11.7. The Labute approximate surface area is 199 Å². The second-order valence-corrected chi connectivity index (χ2v) is 8.82. The first-order valence-corrected chi connectivity index (χ1v) is 11.7. The van der Waals surface area contributed by atoms with E-state index in [2.05, 4.69) is 126 Å². The Kier molecular flexibility index (Phi) is 4.76. The van der Waals surface area contributed by atoms with Gasteiger partial charge in [0.15, 0.2) is 0 Å². The number of hydrogen-bond acceptors (Lipinski definition) is 0. The first-order chi connectivity index (χ1) is 16.7. The third-order valence-electron chi connectivity index (χ3n) is 6.91. The zero-order chi connectivity index (χ0) is 23.2. The van der Waals surface area contributed by atoms with E-state index in [9.17, 15) is 0 Å². The van der Waals surface area contributed by atoms with Crippen LogP contribution in [0.3, 0.4) is 0 Å². The highest BCUT2D eigenvalue weighted by Gasteiger charge is 2.14. The van der Waals surface area contributed by atoms with Crippen molar-refractivity contribution in [3.63, 3.8) is 0 Å². The Morgan fingerprint density at radius 2 is 1.32 bits per heavy atom. The molecule has 2 heterocycles. The number of hydrogen-bond donors (Lipinski definition) is 0. The SMILES string of the molecule is CC=C=Cc1c(C)c2cc(-c3ccc4c(c3)c3ccccc3n4-c3ccccc3)ccc2n1C. The summed E-state index contributed by atoms with van der Waals surface area (Å²) in [5.74, 6) is 0. The van der Waals surface area contributed by atoms with E-state index in [4.69, 9.17) is 0 Å². The summed E-state index contributed by atoms with van der Waals surface area (Å²) in [4.78, 5) is 0. The Balaban J connectivity index is 1.57. The zero-order valence-electron chi connectivity index (χ0n) is 19.7. The Bertz CT molecular complexity index is 1750. The molecule has 0 aliphatic carbocycles. The summed E-state index contributed by atoms with van der Waals surface area (Å²) in [6.07, 6.45) is 4.02. The van der Waals surface area contributed by atoms with Crippen LogP contribution in [0.15, 0.2) is 103 Å². The fraction of sp³-hybridized carbons (Fsp3) is 0.0938. The molecule has 2 heteroatoms. The third kappa shape index (κ3) is 3.04. The van der Waals surface area contributed by atoms with E-state index in [0.717, 1.165) is 0 Å². The van der Waals surface area contributed by atoms with Gasteiger partial charge in [0.25, 0.3) is 0 Å². The Hall–Kier alpha value is -4.26. The van der Waals surface area contributed by atoms with E-state index < -0.39 is 0 Å². The maximum atomic E-state index is 3.23. The lowest BCUT2D eigenvalue weighted by atomic mass is 10.0. The average molecular weight is 439 g/mol. The van der Waals surface area contributed by atoms with E-state index >= 15 is 0 Å². The lowest BCUT2D eigenvalue weighted by molar-refractivity contribution is 0.949. The van der Waals surface area contributed by atoms with E-state index in [1.54, 1.807) is 0 Å². The molecule has 0 saturated carbocycles. The van der Waals surface area contributed by atoms with Crippen LogP contribution < -0.4 is 0 Å². The number of allylic oxidation sites excluding steroid dienone is 1. The summed E-state index contributed by atoms with van der Waals surface area (Å²) in [6, 6.07) is 33.0. The van der Waals surface area contributed by atoms with Gasteiger partial charge in [0.05, 0.1) is 16.7 Å². The zero-order valence-corrected chi connectivity index (χ0v) is 19.7. The monoisotopic (exact) mass is 438 g/mol. The molecule has 4 aromatic carbocycles. The van der Waals surface area contributed by atoms with Crippen molar-refractivity contribution in [3.05, 3.63) is 114 Å². The van der Waals surface area contributed by atoms with Gasteiger partial charge in [-0.25, -0.2) is 0 Å². The van der Waals surface area contributed by atoms with Crippen molar-refractivity contribution in [3.8, 4) is 16.8 Å². The highest BCUT2D eigenvalue weighted by molar-refractivity contribution is 6.10. The van der Waals surface area contributed by atoms with Crippen molar-refractivity contribution < 1.29 is 0 Å². The van der Waals surface area contributed by atoms with E-state index in [1.807, 2.05) is 13.0 Å². The molecule has 0 aliphatic heterocycles. The quantitative estimate of drug-likeness (QED) is 0.245. The molecular formula is C32H26N2. The minimum Gasteiger partial charge on any atom is -0.343 e. The molecule has 0 unspecified atom stereocenters. The number of rotatable bonds is 3. The lowest BCUT2D eigenvalue weighted by Gasteiger charge is -2.08. The van der Waals surface area contributed by atoms with Gasteiger partial charge in [0.1, 0.15) is 0 Å². The standard InChI is InChI=1S/C32H26N2/c1-4-5-14-29-22(2)27-20-23(16-18-30(27)33(29)3)24-17-19-32-28(21-24)26-13-9-10-15-31(26)34(32)25-11-7-6-8-12-25/h4,6-21H,1-3H3. The molecule has 0 saturated heterocycles. The van der Waals surface area contributed by atoms with Crippen LogP contribution in [-0.2, 0) is 7.05 Å². The van der Waals surface area contributed by atoms with Crippen molar-refractivity contribution in [2.45, 2.75) is 13.8 Å². The van der Waals surface area contributed by atoms with Crippen LogP contribution in [0.5, 0.6) is 0 Å². The number of benzene rings is 4. The van der Waals surface area contributed by atoms with Crippen molar-refractivity contribution in [2.75, 3.05) is 0 Å². The van der Waals surface area contributed by atoms with Crippen molar-refractivity contribution in [2.24, 2.45) is 7.05 Å². The molecule has 0 aliphatic rings. The summed E-state index contributed by atoms with van der Waals surface area (Å²) >= 11 is 0. The van der Waals surface area contributed by atoms with Gasteiger partial charge in [-0.3, -0.25) is 0 Å². The van der Waals surface area contributed by atoms with Crippen LogP contribution in [0.1, 0.15) is 18.2 Å².